The average molecular weight is 585 g/mol. The van der Waals surface area contributed by atoms with E-state index in [4.69, 9.17) is 8.85 Å². The summed E-state index contributed by atoms with van der Waals surface area (Å²) in [4.78, 5) is 10.9. The van der Waals surface area contributed by atoms with Crippen molar-refractivity contribution in [1.29, 1.82) is 0 Å². The van der Waals surface area contributed by atoms with Crippen LogP contribution in [0.2, 0.25) is 36.3 Å². The first-order valence-corrected chi connectivity index (χ1v) is 21.7. The van der Waals surface area contributed by atoms with Gasteiger partial charge in [0.2, 0.25) is 0 Å². The molecule has 0 spiro atoms. The first kappa shape index (κ1) is 33.5. The molecule has 3 aliphatic rings. The highest BCUT2D eigenvalue weighted by atomic mass is 28.4. The van der Waals surface area contributed by atoms with Crippen molar-refractivity contribution in [3.05, 3.63) is 47.6 Å². The third kappa shape index (κ3) is 7.49. The number of allylic oxidation sites excluding steroid dienone is 6. The zero-order valence-electron chi connectivity index (χ0n) is 27.8. The summed E-state index contributed by atoms with van der Waals surface area (Å²) in [5.74, 6) is 1.07. The van der Waals surface area contributed by atoms with Gasteiger partial charge in [-0.25, -0.2) is 0 Å². The van der Waals surface area contributed by atoms with Crippen molar-refractivity contribution >= 4 is 22.9 Å². The SMILES string of the molecule is C=C(/C=C/C=O)[C@H]1CC[C@H]2/C(=C/C=C3C[C@@H](O[Si](C)(C)C(C)(C)C)C[C@H](O[Si](C)(C)C(C)(C)C)C3)CCC[C@]12C. The van der Waals surface area contributed by atoms with Crippen LogP contribution in [0.4, 0.5) is 0 Å². The number of fused-ring (bicyclic) bond motifs is 1. The Bertz CT molecular complexity index is 982. The van der Waals surface area contributed by atoms with Gasteiger partial charge in [-0.1, -0.05) is 90.0 Å². The normalized spacial score (nSPS) is 31.5. The smallest absolute Gasteiger partial charge is 0.192 e. The predicted octanol–water partition coefficient (Wildman–Crippen LogP) is 10.3. The van der Waals surface area contributed by atoms with Crippen LogP contribution in [-0.4, -0.2) is 35.1 Å². The first-order valence-electron chi connectivity index (χ1n) is 15.9. The summed E-state index contributed by atoms with van der Waals surface area (Å²) < 4.78 is 14.1. The van der Waals surface area contributed by atoms with Gasteiger partial charge in [0, 0.05) is 0 Å². The topological polar surface area (TPSA) is 35.5 Å². The molecule has 226 valence electrons. The zero-order chi connectivity index (χ0) is 30.1. The lowest BCUT2D eigenvalue weighted by atomic mass is 9.62. The Morgan fingerprint density at radius 2 is 1.48 bits per heavy atom. The molecule has 0 aromatic heterocycles. The predicted molar refractivity (Wildman–Crippen MR) is 177 cm³/mol. The first-order chi connectivity index (χ1) is 18.3. The molecule has 0 unspecified atom stereocenters. The van der Waals surface area contributed by atoms with Gasteiger partial charge in [0.05, 0.1) is 12.2 Å². The Labute approximate surface area is 249 Å². The summed E-state index contributed by atoms with van der Waals surface area (Å²) in [6.07, 6.45) is 18.9. The second-order valence-corrected chi connectivity index (χ2v) is 25.8. The quantitative estimate of drug-likeness (QED) is 0.123. The molecule has 5 atom stereocenters. The van der Waals surface area contributed by atoms with E-state index in [1.54, 1.807) is 11.6 Å². The molecule has 40 heavy (non-hydrogen) atoms. The fourth-order valence-electron chi connectivity index (χ4n) is 6.98. The van der Waals surface area contributed by atoms with E-state index in [0.717, 1.165) is 31.1 Å². The molecule has 3 rings (SSSR count). The molecule has 3 fully saturated rings. The van der Waals surface area contributed by atoms with E-state index < -0.39 is 16.6 Å². The lowest BCUT2D eigenvalue weighted by Crippen LogP contribution is -2.48. The fourth-order valence-corrected chi connectivity index (χ4v) is 9.72. The number of aldehydes is 1. The van der Waals surface area contributed by atoms with Crippen molar-refractivity contribution in [2.75, 3.05) is 0 Å². The third-order valence-electron chi connectivity index (χ3n) is 11.4. The summed E-state index contributed by atoms with van der Waals surface area (Å²) in [5.41, 5.74) is 4.47. The molecule has 0 aromatic rings. The van der Waals surface area contributed by atoms with Gasteiger partial charge in [-0.2, -0.15) is 0 Å². The Balaban J connectivity index is 1.87. The van der Waals surface area contributed by atoms with E-state index >= 15 is 0 Å². The van der Waals surface area contributed by atoms with E-state index in [2.05, 4.69) is 93.4 Å². The maximum atomic E-state index is 10.9. The molecule has 0 aromatic carbocycles. The van der Waals surface area contributed by atoms with Crippen LogP contribution >= 0.6 is 0 Å². The third-order valence-corrected chi connectivity index (χ3v) is 20.4. The van der Waals surface area contributed by atoms with Gasteiger partial charge in [0.1, 0.15) is 6.29 Å². The van der Waals surface area contributed by atoms with Gasteiger partial charge in [0.25, 0.3) is 0 Å². The lowest BCUT2D eigenvalue weighted by Gasteiger charge is -2.45. The van der Waals surface area contributed by atoms with Crippen LogP contribution in [0, 0.1) is 17.3 Å². The van der Waals surface area contributed by atoms with Crippen molar-refractivity contribution in [2.45, 2.75) is 148 Å². The molecule has 0 heterocycles. The van der Waals surface area contributed by atoms with Crippen LogP contribution in [0.3, 0.4) is 0 Å². The van der Waals surface area contributed by atoms with Crippen LogP contribution in [-0.2, 0) is 13.6 Å². The molecule has 3 aliphatic carbocycles. The van der Waals surface area contributed by atoms with Gasteiger partial charge >= 0.3 is 0 Å². The minimum atomic E-state index is -1.88. The number of carbonyl (C=O) groups is 1. The van der Waals surface area contributed by atoms with Crippen molar-refractivity contribution in [2.24, 2.45) is 17.3 Å². The van der Waals surface area contributed by atoms with E-state index in [-0.39, 0.29) is 27.7 Å². The van der Waals surface area contributed by atoms with Gasteiger partial charge in [0.15, 0.2) is 16.6 Å². The second kappa shape index (κ2) is 12.3. The van der Waals surface area contributed by atoms with Gasteiger partial charge < -0.3 is 8.85 Å². The number of hydrogen-bond donors (Lipinski definition) is 0. The molecule has 0 amide bonds. The molecule has 0 saturated heterocycles. The molecule has 0 N–H and O–H groups in total. The highest BCUT2D eigenvalue weighted by molar-refractivity contribution is 6.74. The average Bonchev–Trinajstić information content (AvgIpc) is 3.16. The van der Waals surface area contributed by atoms with E-state index in [1.807, 2.05) is 6.08 Å². The minimum Gasteiger partial charge on any atom is -0.414 e. The van der Waals surface area contributed by atoms with Crippen LogP contribution < -0.4 is 0 Å². The summed E-state index contributed by atoms with van der Waals surface area (Å²) in [6, 6.07) is 0. The lowest BCUT2D eigenvalue weighted by molar-refractivity contribution is -0.104. The molecular weight excluding hydrogens is 525 g/mol. The van der Waals surface area contributed by atoms with E-state index in [1.165, 1.54) is 37.7 Å². The molecule has 5 heteroatoms. The standard InChI is InChI=1S/C35H60O3Si2/c1-26(15-14-22-36)31-19-20-32-28(16-13-21-35(31,32)8)18-17-27-23-29(37-39(9,10)33(2,3)4)25-30(24-27)38-40(11,12)34(5,6)7/h14-15,17-18,22,29-32H,1,13,16,19-21,23-25H2,2-12H3/b15-14+,28-18+/t29-,30-,31-,32+,35-/m1/s1. The van der Waals surface area contributed by atoms with Gasteiger partial charge in [-0.05, 0) is 111 Å². The monoisotopic (exact) mass is 584 g/mol. The van der Waals surface area contributed by atoms with Gasteiger partial charge in [-0.15, -0.1) is 0 Å². The summed E-state index contributed by atoms with van der Waals surface area (Å²) in [7, 11) is -3.76. The molecule has 3 saturated carbocycles. The van der Waals surface area contributed by atoms with Crippen molar-refractivity contribution < 1.29 is 13.6 Å². The fraction of sp³-hybridized carbons (Fsp3) is 0.743. The highest BCUT2D eigenvalue weighted by Crippen LogP contribution is 2.59. The van der Waals surface area contributed by atoms with Crippen molar-refractivity contribution in [1.82, 2.24) is 0 Å². The van der Waals surface area contributed by atoms with Crippen LogP contribution in [0.15, 0.2) is 47.6 Å². The van der Waals surface area contributed by atoms with Gasteiger partial charge in [-0.3, -0.25) is 4.79 Å². The molecule has 0 bridgehead atoms. The van der Waals surface area contributed by atoms with Crippen molar-refractivity contribution in [3.8, 4) is 0 Å². The highest BCUT2D eigenvalue weighted by Gasteiger charge is 2.49. The Hall–Kier alpha value is -1.02. The Morgan fingerprint density at radius 3 is 1.98 bits per heavy atom. The summed E-state index contributed by atoms with van der Waals surface area (Å²) in [6.45, 7) is 30.4. The molecule has 0 aliphatic heterocycles. The maximum Gasteiger partial charge on any atom is 0.192 e. The molecule has 3 nitrogen and oxygen atoms in total. The molecular formula is C35H60O3Si2. The second-order valence-electron chi connectivity index (χ2n) is 16.3. The largest absolute Gasteiger partial charge is 0.414 e. The summed E-state index contributed by atoms with van der Waals surface area (Å²) in [5, 5.41) is 0.394. The Kier molecular flexibility index (Phi) is 10.3. The minimum absolute atomic E-state index is 0.197. The summed E-state index contributed by atoms with van der Waals surface area (Å²) >= 11 is 0. The number of rotatable bonds is 8. The maximum absolute atomic E-state index is 10.9. The Morgan fingerprint density at radius 1 is 0.925 bits per heavy atom. The molecule has 0 radical (unpaired) electrons. The van der Waals surface area contributed by atoms with Crippen molar-refractivity contribution in [3.63, 3.8) is 0 Å². The van der Waals surface area contributed by atoms with E-state index in [9.17, 15) is 4.79 Å². The van der Waals surface area contributed by atoms with Crippen LogP contribution in [0.5, 0.6) is 0 Å². The van der Waals surface area contributed by atoms with Crippen LogP contribution in [0.1, 0.15) is 99.8 Å². The van der Waals surface area contributed by atoms with Crippen LogP contribution in [0.25, 0.3) is 0 Å². The number of carbonyl (C=O) groups excluding carboxylic acids is 1. The number of hydrogen-bond acceptors (Lipinski definition) is 3. The zero-order valence-corrected chi connectivity index (χ0v) is 29.8. The van der Waals surface area contributed by atoms with E-state index in [0.29, 0.717) is 11.8 Å².